The fourth-order valence-electron chi connectivity index (χ4n) is 5.89. The molecule has 8 rings (SSSR count). The molecule has 0 spiro atoms. The van der Waals surface area contributed by atoms with Gasteiger partial charge in [-0.05, 0) is 69.4 Å². The van der Waals surface area contributed by atoms with Crippen molar-refractivity contribution in [2.45, 2.75) is 0 Å². The van der Waals surface area contributed by atoms with Gasteiger partial charge < -0.3 is 0 Å². The van der Waals surface area contributed by atoms with Gasteiger partial charge in [0.25, 0.3) is 0 Å². The Hall–Kier alpha value is -6.04. The summed E-state index contributed by atoms with van der Waals surface area (Å²) < 4.78 is 2.33. The Balaban J connectivity index is 1.30. The summed E-state index contributed by atoms with van der Waals surface area (Å²) in [6.07, 6.45) is 3.68. The normalized spacial score (nSPS) is 12.0. The van der Waals surface area contributed by atoms with Crippen LogP contribution in [0.15, 0.2) is 168 Å². The minimum absolute atomic E-state index is 0.139. The number of aromatic nitrogens is 1. The van der Waals surface area contributed by atoms with E-state index in [4.69, 9.17) is 15.0 Å². The maximum Gasteiger partial charge on any atom is 0.161 e. The molecule has 0 aliphatic heterocycles. The lowest BCUT2D eigenvalue weighted by Gasteiger charge is -2.12. The number of hydrogen-bond donors (Lipinski definition) is 1. The van der Waals surface area contributed by atoms with Crippen LogP contribution in [0.3, 0.4) is 0 Å². The summed E-state index contributed by atoms with van der Waals surface area (Å²) >= 11 is 1.75. The molecule has 47 heavy (non-hydrogen) atoms. The molecule has 0 saturated heterocycles. The van der Waals surface area contributed by atoms with Crippen molar-refractivity contribution < 1.29 is 0 Å². The molecule has 6 aromatic carbocycles. The molecule has 0 fully saturated rings. The van der Waals surface area contributed by atoms with Crippen LogP contribution in [0, 0.1) is 5.41 Å². The summed E-state index contributed by atoms with van der Waals surface area (Å²) in [5, 5.41) is 12.8. The third kappa shape index (κ3) is 5.76. The van der Waals surface area contributed by atoms with Crippen molar-refractivity contribution in [3.05, 3.63) is 175 Å². The first-order chi connectivity index (χ1) is 23.2. The van der Waals surface area contributed by atoms with Gasteiger partial charge in [0.2, 0.25) is 0 Å². The molecule has 0 unspecified atom stereocenters. The molecule has 1 N–H and O–H groups in total. The number of nitrogens with one attached hydrogen (secondary N) is 1. The Morgan fingerprint density at radius 2 is 1.34 bits per heavy atom. The first-order valence-corrected chi connectivity index (χ1v) is 16.2. The molecule has 0 aliphatic carbocycles. The lowest BCUT2D eigenvalue weighted by atomic mass is 9.94. The third-order valence-electron chi connectivity index (χ3n) is 8.24. The van der Waals surface area contributed by atoms with Crippen molar-refractivity contribution in [3.63, 3.8) is 0 Å². The van der Waals surface area contributed by atoms with Gasteiger partial charge in [-0.3, -0.25) is 10.4 Å². The van der Waals surface area contributed by atoms with Gasteiger partial charge in [0.05, 0.1) is 10.2 Å². The SMILES string of the molecule is N=C(N=C(N=Cc1ccccc1)c1ccccc1)c1cc(-c2ccc3ccccc3c2)cc(-c2ccnc3c2sc2ccccc23)c1. The topological polar surface area (TPSA) is 61.5 Å². The summed E-state index contributed by atoms with van der Waals surface area (Å²) in [5.74, 6) is 0.618. The molecule has 5 heteroatoms. The van der Waals surface area contributed by atoms with Gasteiger partial charge in [-0.25, -0.2) is 9.98 Å². The van der Waals surface area contributed by atoms with Crippen LogP contribution in [0.5, 0.6) is 0 Å². The monoisotopic (exact) mass is 620 g/mol. The maximum absolute atomic E-state index is 9.32. The standard InChI is InChI=1S/C42H28N4S/c43-41(46-42(30-14-5-2-6-15-30)45-27-28-11-3-1-4-12-28)35-25-33(32-20-19-29-13-7-8-16-31(29)23-32)24-34(26-35)36-21-22-44-39-37-17-9-10-18-38(37)47-40(36)39/h1-27,43H. The van der Waals surface area contributed by atoms with E-state index in [2.05, 4.69) is 91.0 Å². The van der Waals surface area contributed by atoms with Crippen molar-refractivity contribution in [2.24, 2.45) is 9.98 Å². The number of aliphatic imine (C=N–C) groups is 2. The zero-order valence-corrected chi connectivity index (χ0v) is 26.2. The zero-order chi connectivity index (χ0) is 31.6. The van der Waals surface area contributed by atoms with E-state index < -0.39 is 0 Å². The average molecular weight is 621 g/mol. The lowest BCUT2D eigenvalue weighted by molar-refractivity contribution is 1.39. The van der Waals surface area contributed by atoms with Gasteiger partial charge >= 0.3 is 0 Å². The second-order valence-corrected chi connectivity index (χ2v) is 12.4. The maximum atomic E-state index is 9.32. The molecule has 0 saturated carbocycles. The van der Waals surface area contributed by atoms with E-state index in [1.807, 2.05) is 66.9 Å². The van der Waals surface area contributed by atoms with Crippen LogP contribution < -0.4 is 0 Å². The van der Waals surface area contributed by atoms with E-state index in [9.17, 15) is 5.41 Å². The number of nitrogens with zero attached hydrogens (tertiary/aromatic N) is 3. The van der Waals surface area contributed by atoms with Crippen molar-refractivity contribution in [1.82, 2.24) is 4.98 Å². The molecule has 222 valence electrons. The predicted molar refractivity (Wildman–Crippen MR) is 199 cm³/mol. The van der Waals surface area contributed by atoms with Crippen LogP contribution in [-0.2, 0) is 0 Å². The number of fused-ring (bicyclic) bond motifs is 4. The van der Waals surface area contributed by atoms with Crippen LogP contribution in [-0.4, -0.2) is 22.9 Å². The van der Waals surface area contributed by atoms with Gasteiger partial charge in [0.15, 0.2) is 11.7 Å². The number of rotatable bonds is 5. The number of pyridine rings is 1. The molecule has 0 amide bonds. The zero-order valence-electron chi connectivity index (χ0n) is 25.3. The predicted octanol–water partition coefficient (Wildman–Crippen LogP) is 10.8. The molecule has 2 aromatic heterocycles. The second-order valence-electron chi connectivity index (χ2n) is 11.3. The van der Waals surface area contributed by atoms with Gasteiger partial charge in [-0.2, -0.15) is 0 Å². The largest absolute Gasteiger partial charge is 0.282 e. The highest BCUT2D eigenvalue weighted by Gasteiger charge is 2.15. The molecule has 2 heterocycles. The number of thiophene rings is 1. The number of hydrogen-bond acceptors (Lipinski definition) is 3. The second kappa shape index (κ2) is 12.4. The Kier molecular flexibility index (Phi) is 7.50. The highest BCUT2D eigenvalue weighted by atomic mass is 32.1. The van der Waals surface area contributed by atoms with Gasteiger partial charge in [0.1, 0.15) is 0 Å². The smallest absolute Gasteiger partial charge is 0.161 e. The quantitative estimate of drug-likeness (QED) is 0.151. The fourth-order valence-corrected chi connectivity index (χ4v) is 7.08. The van der Waals surface area contributed by atoms with E-state index in [0.717, 1.165) is 49.0 Å². The number of amidine groups is 2. The molecule has 0 bridgehead atoms. The van der Waals surface area contributed by atoms with E-state index in [-0.39, 0.29) is 5.84 Å². The fraction of sp³-hybridized carbons (Fsp3) is 0. The average Bonchev–Trinajstić information content (AvgIpc) is 3.52. The van der Waals surface area contributed by atoms with E-state index in [1.54, 1.807) is 17.6 Å². The molecular formula is C42H28N4S. The molecule has 8 aromatic rings. The van der Waals surface area contributed by atoms with Crippen LogP contribution in [0.2, 0.25) is 0 Å². The van der Waals surface area contributed by atoms with Gasteiger partial charge in [-0.1, -0.05) is 115 Å². The van der Waals surface area contributed by atoms with Crippen LogP contribution in [0.4, 0.5) is 0 Å². The first kappa shape index (κ1) is 28.4. The van der Waals surface area contributed by atoms with Gasteiger partial charge in [0, 0.05) is 39.2 Å². The van der Waals surface area contributed by atoms with E-state index in [1.165, 1.54) is 15.5 Å². The summed E-state index contributed by atoms with van der Waals surface area (Å²) in [5.41, 5.74) is 7.71. The van der Waals surface area contributed by atoms with Crippen molar-refractivity contribution in [3.8, 4) is 22.3 Å². The minimum Gasteiger partial charge on any atom is -0.282 e. The van der Waals surface area contributed by atoms with Crippen LogP contribution in [0.25, 0.3) is 53.3 Å². The third-order valence-corrected chi connectivity index (χ3v) is 9.44. The van der Waals surface area contributed by atoms with E-state index >= 15 is 0 Å². The Labute approximate surface area is 276 Å². The van der Waals surface area contributed by atoms with Crippen molar-refractivity contribution in [1.29, 1.82) is 5.41 Å². The summed E-state index contributed by atoms with van der Waals surface area (Å²) in [7, 11) is 0. The minimum atomic E-state index is 0.139. The lowest BCUT2D eigenvalue weighted by Crippen LogP contribution is -2.05. The van der Waals surface area contributed by atoms with Crippen LogP contribution >= 0.6 is 11.3 Å². The Morgan fingerprint density at radius 1 is 0.617 bits per heavy atom. The number of benzene rings is 6. The van der Waals surface area contributed by atoms with E-state index in [0.29, 0.717) is 11.4 Å². The molecule has 0 atom stereocenters. The molecule has 0 radical (unpaired) electrons. The summed E-state index contributed by atoms with van der Waals surface area (Å²) in [6.45, 7) is 0. The molecule has 0 aliphatic rings. The molecule has 4 nitrogen and oxygen atoms in total. The van der Waals surface area contributed by atoms with Gasteiger partial charge in [-0.15, -0.1) is 11.3 Å². The molecular weight excluding hydrogens is 593 g/mol. The highest BCUT2D eigenvalue weighted by molar-refractivity contribution is 7.26. The highest BCUT2D eigenvalue weighted by Crippen LogP contribution is 2.40. The Morgan fingerprint density at radius 3 is 2.19 bits per heavy atom. The summed E-state index contributed by atoms with van der Waals surface area (Å²) in [4.78, 5) is 14.4. The van der Waals surface area contributed by atoms with Crippen molar-refractivity contribution >= 4 is 60.3 Å². The summed E-state index contributed by atoms with van der Waals surface area (Å²) in [6, 6.07) is 51.5. The van der Waals surface area contributed by atoms with Crippen molar-refractivity contribution in [2.75, 3.05) is 0 Å². The Bertz CT molecular complexity index is 2480. The van der Waals surface area contributed by atoms with Crippen LogP contribution in [0.1, 0.15) is 16.7 Å². The first-order valence-electron chi connectivity index (χ1n) is 15.4.